The van der Waals surface area contributed by atoms with Crippen molar-refractivity contribution < 1.29 is 14.5 Å². The number of rotatable bonds is 7. The van der Waals surface area contributed by atoms with Crippen LogP contribution in [0.1, 0.15) is 21.5 Å². The second-order valence-corrected chi connectivity index (χ2v) is 6.34. The summed E-state index contributed by atoms with van der Waals surface area (Å²) in [4.78, 5) is 23.1. The van der Waals surface area contributed by atoms with Crippen LogP contribution in [0.3, 0.4) is 0 Å². The third-order valence-electron chi connectivity index (χ3n) is 4.22. The van der Waals surface area contributed by atoms with E-state index in [0.717, 1.165) is 12.0 Å². The molecular weight excluding hydrogens is 356 g/mol. The summed E-state index contributed by atoms with van der Waals surface area (Å²) >= 11 is 0. The number of carbonyl (C=O) groups excluding carboxylic acids is 1. The van der Waals surface area contributed by atoms with Crippen molar-refractivity contribution in [2.75, 3.05) is 11.9 Å². The van der Waals surface area contributed by atoms with Gasteiger partial charge in [-0.05, 0) is 48.4 Å². The van der Waals surface area contributed by atoms with Gasteiger partial charge < -0.3 is 10.1 Å². The standard InChI is InChI=1S/C22H20N2O4/c1-16-7-12-20(21(15-16)24(26)27)23-22(25)18-8-10-19(11-9-18)28-14-13-17-5-3-2-4-6-17/h2-12,15H,13-14H2,1H3,(H,23,25). The molecule has 0 aliphatic carbocycles. The van der Waals surface area contributed by atoms with Crippen LogP contribution in [0.25, 0.3) is 0 Å². The van der Waals surface area contributed by atoms with Crippen LogP contribution in [0.5, 0.6) is 5.75 Å². The maximum absolute atomic E-state index is 12.4. The van der Waals surface area contributed by atoms with Gasteiger partial charge in [-0.25, -0.2) is 0 Å². The molecule has 6 heteroatoms. The molecule has 1 N–H and O–H groups in total. The van der Waals surface area contributed by atoms with E-state index in [-0.39, 0.29) is 11.4 Å². The molecule has 0 spiro atoms. The van der Waals surface area contributed by atoms with Crippen molar-refractivity contribution in [1.82, 2.24) is 0 Å². The van der Waals surface area contributed by atoms with Gasteiger partial charge in [-0.15, -0.1) is 0 Å². The number of nitro benzene ring substituents is 1. The highest BCUT2D eigenvalue weighted by Crippen LogP contribution is 2.26. The quantitative estimate of drug-likeness (QED) is 0.475. The topological polar surface area (TPSA) is 81.5 Å². The lowest BCUT2D eigenvalue weighted by Gasteiger charge is -2.09. The van der Waals surface area contributed by atoms with Crippen molar-refractivity contribution in [2.45, 2.75) is 13.3 Å². The molecule has 0 bridgehead atoms. The number of ether oxygens (including phenoxy) is 1. The molecule has 0 aromatic heterocycles. The molecule has 3 rings (SSSR count). The number of carbonyl (C=O) groups is 1. The fourth-order valence-corrected chi connectivity index (χ4v) is 2.73. The highest BCUT2D eigenvalue weighted by Gasteiger charge is 2.16. The minimum absolute atomic E-state index is 0.130. The molecule has 3 aromatic rings. The van der Waals surface area contributed by atoms with Crippen molar-refractivity contribution in [3.8, 4) is 5.75 Å². The van der Waals surface area contributed by atoms with Crippen LogP contribution in [0.2, 0.25) is 0 Å². The van der Waals surface area contributed by atoms with E-state index in [2.05, 4.69) is 5.32 Å². The van der Waals surface area contributed by atoms with Crippen LogP contribution in [0.4, 0.5) is 11.4 Å². The number of hydrogen-bond acceptors (Lipinski definition) is 4. The van der Waals surface area contributed by atoms with Gasteiger partial charge in [0, 0.05) is 18.1 Å². The van der Waals surface area contributed by atoms with Gasteiger partial charge in [0.1, 0.15) is 11.4 Å². The van der Waals surface area contributed by atoms with Crippen molar-refractivity contribution in [2.24, 2.45) is 0 Å². The lowest BCUT2D eigenvalue weighted by atomic mass is 10.1. The molecule has 3 aromatic carbocycles. The van der Waals surface area contributed by atoms with E-state index >= 15 is 0 Å². The summed E-state index contributed by atoms with van der Waals surface area (Å²) in [6.07, 6.45) is 0.792. The number of nitrogens with zero attached hydrogens (tertiary/aromatic N) is 1. The Labute approximate surface area is 162 Å². The van der Waals surface area contributed by atoms with E-state index < -0.39 is 10.8 Å². The third kappa shape index (κ3) is 4.94. The Morgan fingerprint density at radius 3 is 2.43 bits per heavy atom. The van der Waals surface area contributed by atoms with E-state index in [9.17, 15) is 14.9 Å². The average molecular weight is 376 g/mol. The highest BCUT2D eigenvalue weighted by atomic mass is 16.6. The Morgan fingerprint density at radius 2 is 1.75 bits per heavy atom. The Morgan fingerprint density at radius 1 is 1.04 bits per heavy atom. The summed E-state index contributed by atoms with van der Waals surface area (Å²) in [5.41, 5.74) is 2.38. The molecule has 28 heavy (non-hydrogen) atoms. The predicted molar refractivity (Wildman–Crippen MR) is 108 cm³/mol. The van der Waals surface area contributed by atoms with Gasteiger partial charge in [0.05, 0.1) is 11.5 Å². The molecule has 1 amide bonds. The van der Waals surface area contributed by atoms with Gasteiger partial charge >= 0.3 is 0 Å². The SMILES string of the molecule is Cc1ccc(NC(=O)c2ccc(OCCc3ccccc3)cc2)c([N+](=O)[O-])c1. The maximum Gasteiger partial charge on any atom is 0.293 e. The van der Waals surface area contributed by atoms with Crippen LogP contribution >= 0.6 is 0 Å². The summed E-state index contributed by atoms with van der Waals surface area (Å²) in [5, 5.41) is 13.8. The molecule has 0 aliphatic rings. The Kier molecular flexibility index (Phi) is 6.01. The molecule has 0 heterocycles. The molecular formula is C22H20N2O4. The molecule has 0 aliphatic heterocycles. The Balaban J connectivity index is 1.60. The van der Waals surface area contributed by atoms with E-state index in [0.29, 0.717) is 17.9 Å². The summed E-state index contributed by atoms with van der Waals surface area (Å²) in [5.74, 6) is 0.247. The van der Waals surface area contributed by atoms with Gasteiger partial charge in [0.2, 0.25) is 0 Å². The fourth-order valence-electron chi connectivity index (χ4n) is 2.73. The lowest BCUT2D eigenvalue weighted by Crippen LogP contribution is -2.13. The zero-order valence-corrected chi connectivity index (χ0v) is 15.4. The maximum atomic E-state index is 12.4. The van der Waals surface area contributed by atoms with Crippen molar-refractivity contribution in [3.63, 3.8) is 0 Å². The first kappa shape index (κ1) is 19.1. The second kappa shape index (κ2) is 8.81. The number of anilines is 1. The number of aryl methyl sites for hydroxylation is 1. The van der Waals surface area contributed by atoms with E-state index in [1.807, 2.05) is 30.3 Å². The Hall–Kier alpha value is -3.67. The number of benzene rings is 3. The first-order valence-electron chi connectivity index (χ1n) is 8.86. The number of nitro groups is 1. The van der Waals surface area contributed by atoms with Crippen molar-refractivity contribution in [1.29, 1.82) is 0 Å². The number of nitrogens with one attached hydrogen (secondary N) is 1. The second-order valence-electron chi connectivity index (χ2n) is 6.34. The summed E-state index contributed by atoms with van der Waals surface area (Å²) in [7, 11) is 0. The van der Waals surface area contributed by atoms with E-state index in [4.69, 9.17) is 4.74 Å². The Bertz CT molecular complexity index is 970. The van der Waals surface area contributed by atoms with Crippen LogP contribution in [-0.2, 0) is 6.42 Å². The van der Waals surface area contributed by atoms with Crippen LogP contribution in [-0.4, -0.2) is 17.4 Å². The molecule has 0 fully saturated rings. The summed E-state index contributed by atoms with van der Waals surface area (Å²) < 4.78 is 5.71. The van der Waals surface area contributed by atoms with E-state index in [1.54, 1.807) is 37.3 Å². The van der Waals surface area contributed by atoms with Crippen molar-refractivity contribution in [3.05, 3.63) is 99.6 Å². The summed E-state index contributed by atoms with van der Waals surface area (Å²) in [6.45, 7) is 2.29. The minimum atomic E-state index is -0.508. The summed E-state index contributed by atoms with van der Waals surface area (Å²) in [6, 6.07) is 21.4. The molecule has 6 nitrogen and oxygen atoms in total. The first-order valence-corrected chi connectivity index (χ1v) is 8.86. The van der Waals surface area contributed by atoms with Gasteiger partial charge in [-0.3, -0.25) is 14.9 Å². The number of amides is 1. The molecule has 0 radical (unpaired) electrons. The zero-order valence-electron chi connectivity index (χ0n) is 15.4. The number of hydrogen-bond donors (Lipinski definition) is 1. The average Bonchev–Trinajstić information content (AvgIpc) is 2.70. The van der Waals surface area contributed by atoms with Crippen LogP contribution < -0.4 is 10.1 Å². The van der Waals surface area contributed by atoms with Gasteiger partial charge in [0.15, 0.2) is 0 Å². The fraction of sp³-hybridized carbons (Fsp3) is 0.136. The largest absolute Gasteiger partial charge is 0.493 e. The smallest absolute Gasteiger partial charge is 0.293 e. The molecule has 0 saturated heterocycles. The van der Waals surface area contributed by atoms with Crippen LogP contribution in [0, 0.1) is 17.0 Å². The van der Waals surface area contributed by atoms with Gasteiger partial charge in [-0.2, -0.15) is 0 Å². The zero-order chi connectivity index (χ0) is 19.9. The van der Waals surface area contributed by atoms with Crippen LogP contribution in [0.15, 0.2) is 72.8 Å². The highest BCUT2D eigenvalue weighted by molar-refractivity contribution is 6.05. The van der Waals surface area contributed by atoms with Crippen molar-refractivity contribution >= 4 is 17.3 Å². The lowest BCUT2D eigenvalue weighted by molar-refractivity contribution is -0.384. The molecule has 0 unspecified atom stereocenters. The first-order chi connectivity index (χ1) is 13.5. The molecule has 0 saturated carbocycles. The van der Waals surface area contributed by atoms with Gasteiger partial charge in [-0.1, -0.05) is 36.4 Å². The predicted octanol–water partition coefficient (Wildman–Crippen LogP) is 4.78. The monoisotopic (exact) mass is 376 g/mol. The van der Waals surface area contributed by atoms with E-state index in [1.165, 1.54) is 17.7 Å². The normalized spacial score (nSPS) is 10.3. The molecule has 142 valence electrons. The minimum Gasteiger partial charge on any atom is -0.493 e. The third-order valence-corrected chi connectivity index (χ3v) is 4.22. The molecule has 0 atom stereocenters. The van der Waals surface area contributed by atoms with Gasteiger partial charge in [0.25, 0.3) is 11.6 Å².